The minimum Gasteiger partial charge on any atom is -0.310 e. The quantitative estimate of drug-likeness (QED) is 0.160. The lowest BCUT2D eigenvalue weighted by Crippen LogP contribution is -2.16. The predicted octanol–water partition coefficient (Wildman–Crippen LogP) is 18.0. The number of allylic oxidation sites excluding steroid dienone is 8. The Morgan fingerprint density at radius 1 is 0.557 bits per heavy atom. The Morgan fingerprint density at radius 2 is 1.27 bits per heavy atom. The van der Waals surface area contributed by atoms with Crippen molar-refractivity contribution >= 4 is 92.3 Å². The maximum Gasteiger partial charge on any atom is 0.235 e. The van der Waals surface area contributed by atoms with Gasteiger partial charge in [-0.2, -0.15) is 0 Å². The number of rotatable bonds is 7. The number of nitrogens with zero attached hydrogens (tertiary/aromatic N) is 4. The zero-order valence-electron chi connectivity index (χ0n) is 39.2. The molecule has 0 bridgehead atoms. The minimum atomic E-state index is -0.156. The van der Waals surface area contributed by atoms with Crippen LogP contribution in [0.4, 0.5) is 17.1 Å². The number of aromatic nitrogens is 3. The zero-order valence-corrected chi connectivity index (χ0v) is 40.0. The first-order valence-electron chi connectivity index (χ1n) is 24.6. The van der Waals surface area contributed by atoms with Crippen molar-refractivity contribution in [3.63, 3.8) is 0 Å². The van der Waals surface area contributed by atoms with Crippen LogP contribution in [0.25, 0.3) is 92.1 Å². The molecule has 3 aliphatic carbocycles. The summed E-state index contributed by atoms with van der Waals surface area (Å²) in [5.41, 5.74) is 17.4. The third kappa shape index (κ3) is 6.35. The molecule has 0 radical (unpaired) electrons. The Balaban J connectivity index is 1.07. The molecule has 0 spiro atoms. The molecule has 0 fully saturated rings. The monoisotopic (exact) mass is 916 g/mol. The van der Waals surface area contributed by atoms with Gasteiger partial charge in [0.15, 0.2) is 0 Å². The van der Waals surface area contributed by atoms with Crippen molar-refractivity contribution in [2.24, 2.45) is 0 Å². The Morgan fingerprint density at radius 3 is 2.10 bits per heavy atom. The highest BCUT2D eigenvalue weighted by Gasteiger charge is 2.36. The van der Waals surface area contributed by atoms with Gasteiger partial charge in [-0.15, -0.1) is 11.3 Å². The predicted molar refractivity (Wildman–Crippen MR) is 297 cm³/mol. The van der Waals surface area contributed by atoms with Gasteiger partial charge in [0.05, 0.1) is 22.4 Å². The lowest BCUT2D eigenvalue weighted by Gasteiger charge is -2.28. The van der Waals surface area contributed by atoms with Crippen molar-refractivity contribution < 1.29 is 0 Å². The van der Waals surface area contributed by atoms with Crippen LogP contribution < -0.4 is 4.90 Å². The van der Waals surface area contributed by atoms with Gasteiger partial charge in [0.2, 0.25) is 5.95 Å². The van der Waals surface area contributed by atoms with Crippen LogP contribution in [0.3, 0.4) is 0 Å². The Hall–Kier alpha value is -8.12. The molecule has 11 aromatic rings. The highest BCUT2D eigenvalue weighted by molar-refractivity contribution is 7.27. The van der Waals surface area contributed by atoms with E-state index in [1.54, 1.807) is 0 Å². The van der Waals surface area contributed by atoms with Crippen LogP contribution in [0, 0.1) is 0 Å². The van der Waals surface area contributed by atoms with E-state index in [1.807, 2.05) is 11.3 Å². The molecule has 0 aliphatic heterocycles. The molecule has 0 atom stereocenters. The first kappa shape index (κ1) is 40.9. The van der Waals surface area contributed by atoms with Crippen LogP contribution in [0.15, 0.2) is 206 Å². The van der Waals surface area contributed by atoms with Crippen LogP contribution >= 0.6 is 11.3 Å². The number of benzene rings is 8. The van der Waals surface area contributed by atoms with Gasteiger partial charge in [-0.1, -0.05) is 166 Å². The lowest BCUT2D eigenvalue weighted by molar-refractivity contribution is 0.660. The number of fused-ring (bicyclic) bond motifs is 13. The maximum atomic E-state index is 5.57. The second-order valence-corrected chi connectivity index (χ2v) is 20.5. The SMILES string of the molecule is CC1(C)c2ccccc2-c2ccc(N(c3ccc(-c4ccccc4)cc3)c3ccc4c(c3)c3c5sc6ccccc6c5c5ccccc5c3n4-c3nc(C4=CCCC=C4)cc(C4=CC=CCC4)n3)cc21. The van der Waals surface area contributed by atoms with E-state index in [2.05, 4.69) is 230 Å². The number of hydrogen-bond acceptors (Lipinski definition) is 4. The standard InChI is InChI=1S/C65H48N4S/c1-65(2)54-28-16-14-24-48(54)49-36-34-47(39-55(49)65)68(45-32-30-42(31-33-45)41-18-6-3-7-19-41)46-35-37-58-53(38-46)61-62(51-26-13-12-25-50(51)60-52-27-15-17-29-59(52)70-63(60)61)69(58)64-66-56(43-20-8-4-9-21-43)40-57(67-64)44-22-10-5-11-23-44/h3-4,6-8,10,12-20,22-40H,5,9,11,21H2,1-2H3. The van der Waals surface area contributed by atoms with E-state index in [-0.39, 0.29) is 5.41 Å². The van der Waals surface area contributed by atoms with Crippen LogP contribution in [0.5, 0.6) is 0 Å². The van der Waals surface area contributed by atoms with Crippen LogP contribution in [-0.4, -0.2) is 14.5 Å². The van der Waals surface area contributed by atoms with Crippen molar-refractivity contribution in [2.75, 3.05) is 4.90 Å². The molecule has 0 unspecified atom stereocenters. The second kappa shape index (κ2) is 16.0. The van der Waals surface area contributed by atoms with Gasteiger partial charge >= 0.3 is 0 Å². The number of anilines is 3. The molecule has 3 aromatic heterocycles. The molecular weight excluding hydrogens is 869 g/mol. The van der Waals surface area contributed by atoms with E-state index in [4.69, 9.17) is 9.97 Å². The summed E-state index contributed by atoms with van der Waals surface area (Å²) >= 11 is 1.89. The summed E-state index contributed by atoms with van der Waals surface area (Å²) in [6.45, 7) is 4.74. The molecule has 0 amide bonds. The third-order valence-electron chi connectivity index (χ3n) is 15.1. The highest BCUT2D eigenvalue weighted by Crippen LogP contribution is 2.52. The summed E-state index contributed by atoms with van der Waals surface area (Å²) in [7, 11) is 0. The number of thiophene rings is 1. The lowest BCUT2D eigenvalue weighted by atomic mass is 9.82. The molecule has 0 saturated carbocycles. The fourth-order valence-corrected chi connectivity index (χ4v) is 13.0. The second-order valence-electron chi connectivity index (χ2n) is 19.5. The summed E-state index contributed by atoms with van der Waals surface area (Å²) in [6.07, 6.45) is 17.5. The van der Waals surface area contributed by atoms with Crippen molar-refractivity contribution in [2.45, 2.75) is 44.9 Å². The van der Waals surface area contributed by atoms with Crippen LogP contribution in [-0.2, 0) is 5.41 Å². The molecule has 70 heavy (non-hydrogen) atoms. The fourth-order valence-electron chi connectivity index (χ4n) is 11.7. The average molecular weight is 917 g/mol. The normalized spacial score (nSPS) is 14.9. The van der Waals surface area contributed by atoms with E-state index in [9.17, 15) is 0 Å². The molecule has 334 valence electrons. The summed E-state index contributed by atoms with van der Waals surface area (Å²) in [5, 5.41) is 7.41. The Kier molecular flexibility index (Phi) is 9.34. The average Bonchev–Trinajstić information content (AvgIpc) is 4.05. The zero-order chi connectivity index (χ0) is 46.5. The smallest absolute Gasteiger partial charge is 0.235 e. The van der Waals surface area contributed by atoms with Gasteiger partial charge in [-0.25, -0.2) is 9.97 Å². The van der Waals surface area contributed by atoms with Gasteiger partial charge in [0, 0.05) is 58.8 Å². The summed E-state index contributed by atoms with van der Waals surface area (Å²) in [4.78, 5) is 13.6. The largest absolute Gasteiger partial charge is 0.310 e. The molecule has 0 saturated heterocycles. The molecule has 3 aliphatic rings. The summed E-state index contributed by atoms with van der Waals surface area (Å²) in [6, 6.07) is 62.9. The van der Waals surface area contributed by atoms with Crippen LogP contribution in [0.1, 0.15) is 62.0 Å². The number of hydrogen-bond donors (Lipinski definition) is 0. The van der Waals surface area contributed by atoms with Gasteiger partial charge < -0.3 is 4.90 Å². The molecule has 5 heteroatoms. The fraction of sp³-hybridized carbons (Fsp3) is 0.108. The van der Waals surface area contributed by atoms with Gasteiger partial charge in [-0.3, -0.25) is 4.57 Å². The molecule has 14 rings (SSSR count). The maximum absolute atomic E-state index is 5.57. The van der Waals surface area contributed by atoms with Crippen molar-refractivity contribution in [3.8, 4) is 28.2 Å². The third-order valence-corrected chi connectivity index (χ3v) is 16.3. The van der Waals surface area contributed by atoms with E-state index < -0.39 is 0 Å². The molecular formula is C65H48N4S. The van der Waals surface area contributed by atoms with E-state index in [0.29, 0.717) is 5.95 Å². The summed E-state index contributed by atoms with van der Waals surface area (Å²) < 4.78 is 4.94. The van der Waals surface area contributed by atoms with Gasteiger partial charge in [-0.05, 0) is 130 Å². The Bertz CT molecular complexity index is 4090. The van der Waals surface area contributed by atoms with E-state index in [1.165, 1.54) is 80.7 Å². The molecule has 4 nitrogen and oxygen atoms in total. The molecule has 0 N–H and O–H groups in total. The minimum absolute atomic E-state index is 0.156. The van der Waals surface area contributed by atoms with Crippen LogP contribution in [0.2, 0.25) is 0 Å². The first-order valence-corrected chi connectivity index (χ1v) is 25.4. The van der Waals surface area contributed by atoms with Crippen molar-refractivity contribution in [1.29, 1.82) is 0 Å². The van der Waals surface area contributed by atoms with Gasteiger partial charge in [0.1, 0.15) is 0 Å². The summed E-state index contributed by atoms with van der Waals surface area (Å²) in [5.74, 6) is 0.690. The first-order chi connectivity index (χ1) is 34.5. The molecule has 3 heterocycles. The molecule has 8 aromatic carbocycles. The Labute approximate surface area is 411 Å². The van der Waals surface area contributed by atoms with E-state index in [0.717, 1.165) is 70.7 Å². The highest BCUT2D eigenvalue weighted by atomic mass is 32.1. The van der Waals surface area contributed by atoms with Crippen molar-refractivity contribution in [3.05, 3.63) is 229 Å². The van der Waals surface area contributed by atoms with E-state index >= 15 is 0 Å². The van der Waals surface area contributed by atoms with Crippen molar-refractivity contribution in [1.82, 2.24) is 14.5 Å². The topological polar surface area (TPSA) is 34.0 Å². The van der Waals surface area contributed by atoms with Gasteiger partial charge in [0.25, 0.3) is 0 Å².